The van der Waals surface area contributed by atoms with E-state index in [0.717, 1.165) is 27.6 Å². The van der Waals surface area contributed by atoms with E-state index in [1.54, 1.807) is 25.1 Å². The molecule has 0 heterocycles. The fourth-order valence-corrected chi connectivity index (χ4v) is 5.27. The van der Waals surface area contributed by atoms with Gasteiger partial charge in [-0.05, 0) is 55.3 Å². The van der Waals surface area contributed by atoms with Crippen LogP contribution in [0, 0.1) is 12.7 Å². The number of halogens is 1. The molecule has 9 heteroatoms. The highest BCUT2D eigenvalue weighted by Gasteiger charge is 2.33. The lowest BCUT2D eigenvalue weighted by atomic mass is 10.1. The molecule has 36 heavy (non-hydrogen) atoms. The topological polar surface area (TPSA) is 86.8 Å². The van der Waals surface area contributed by atoms with E-state index in [0.29, 0.717) is 6.42 Å². The molecule has 1 N–H and O–H groups in total. The van der Waals surface area contributed by atoms with E-state index in [1.807, 2.05) is 31.2 Å². The molecule has 2 amide bonds. The Morgan fingerprint density at radius 3 is 2.11 bits per heavy atom. The van der Waals surface area contributed by atoms with Crippen molar-refractivity contribution in [1.29, 1.82) is 0 Å². The van der Waals surface area contributed by atoms with Gasteiger partial charge < -0.3 is 10.2 Å². The average molecular weight is 512 g/mol. The number of nitrogens with one attached hydrogen (secondary N) is 1. The number of hydrogen-bond donors (Lipinski definition) is 1. The Hall–Kier alpha value is -3.72. The minimum atomic E-state index is -4.17. The normalized spacial score (nSPS) is 12.0. The number of amides is 2. The predicted molar refractivity (Wildman–Crippen MR) is 137 cm³/mol. The van der Waals surface area contributed by atoms with Crippen molar-refractivity contribution in [2.45, 2.75) is 37.8 Å². The summed E-state index contributed by atoms with van der Waals surface area (Å²) < 4.78 is 41.7. The van der Waals surface area contributed by atoms with Crippen molar-refractivity contribution >= 4 is 27.5 Å². The summed E-state index contributed by atoms with van der Waals surface area (Å²) in [6.07, 6.45) is 0.333. The molecule has 0 radical (unpaired) electrons. The standard InChI is InChI=1S/C27H30FN3O4S/c1-4-25(27(33)29-3)30(18-21-12-10-20(2)11-13-21)26(32)19-31(23-16-14-22(28)15-17-23)36(34,35)24-8-6-5-7-9-24/h5-17,25H,4,18-19H2,1-3H3,(H,29,33)/t25-/m1/s1. The van der Waals surface area contributed by atoms with E-state index in [9.17, 15) is 22.4 Å². The summed E-state index contributed by atoms with van der Waals surface area (Å²) in [6, 6.07) is 19.3. The zero-order valence-electron chi connectivity index (χ0n) is 20.5. The zero-order chi connectivity index (χ0) is 26.3. The second-order valence-corrected chi connectivity index (χ2v) is 10.2. The van der Waals surface area contributed by atoms with Crippen LogP contribution in [-0.4, -0.2) is 44.8 Å². The Morgan fingerprint density at radius 2 is 1.56 bits per heavy atom. The van der Waals surface area contributed by atoms with Crippen LogP contribution in [0.2, 0.25) is 0 Å². The summed E-state index contributed by atoms with van der Waals surface area (Å²) in [5.74, 6) is -1.44. The number of rotatable bonds is 10. The number of aryl methyl sites for hydroxylation is 1. The van der Waals surface area contributed by atoms with Gasteiger partial charge in [-0.3, -0.25) is 13.9 Å². The van der Waals surface area contributed by atoms with Gasteiger partial charge in [-0.25, -0.2) is 12.8 Å². The molecule has 0 saturated carbocycles. The molecular formula is C27H30FN3O4S. The number of benzene rings is 3. The van der Waals surface area contributed by atoms with Gasteiger partial charge in [-0.2, -0.15) is 0 Å². The van der Waals surface area contributed by atoms with E-state index in [-0.39, 0.29) is 23.0 Å². The highest BCUT2D eigenvalue weighted by molar-refractivity contribution is 7.92. The SMILES string of the molecule is CC[C@H](C(=O)NC)N(Cc1ccc(C)cc1)C(=O)CN(c1ccc(F)cc1)S(=O)(=O)c1ccccc1. The smallest absolute Gasteiger partial charge is 0.264 e. The largest absolute Gasteiger partial charge is 0.357 e. The quantitative estimate of drug-likeness (QED) is 0.448. The number of anilines is 1. The lowest BCUT2D eigenvalue weighted by Gasteiger charge is -2.33. The summed E-state index contributed by atoms with van der Waals surface area (Å²) in [4.78, 5) is 27.8. The first-order chi connectivity index (χ1) is 17.2. The van der Waals surface area contributed by atoms with Crippen LogP contribution in [0.25, 0.3) is 0 Å². The van der Waals surface area contributed by atoms with Crippen LogP contribution in [-0.2, 0) is 26.2 Å². The molecule has 1 atom stereocenters. The van der Waals surface area contributed by atoms with Gasteiger partial charge >= 0.3 is 0 Å². The third-order valence-corrected chi connectivity index (χ3v) is 7.62. The first-order valence-electron chi connectivity index (χ1n) is 11.6. The van der Waals surface area contributed by atoms with Gasteiger partial charge in [0.25, 0.3) is 10.0 Å². The first-order valence-corrected chi connectivity index (χ1v) is 13.0. The third kappa shape index (κ3) is 6.28. The second-order valence-electron chi connectivity index (χ2n) is 8.35. The summed E-state index contributed by atoms with van der Waals surface area (Å²) in [6.45, 7) is 3.28. The minimum absolute atomic E-state index is 0.00875. The van der Waals surface area contributed by atoms with Crippen LogP contribution in [0.1, 0.15) is 24.5 Å². The molecular weight excluding hydrogens is 481 g/mol. The molecule has 0 bridgehead atoms. The maximum Gasteiger partial charge on any atom is 0.264 e. The van der Waals surface area contributed by atoms with E-state index in [4.69, 9.17) is 0 Å². The Balaban J connectivity index is 2.03. The fourth-order valence-electron chi connectivity index (χ4n) is 3.83. The Kier molecular flexibility index (Phi) is 8.82. The van der Waals surface area contributed by atoms with Gasteiger partial charge in [-0.15, -0.1) is 0 Å². The number of likely N-dealkylation sites (N-methyl/N-ethyl adjacent to an activating group) is 1. The molecule has 0 unspecified atom stereocenters. The molecule has 3 rings (SSSR count). The van der Waals surface area contributed by atoms with Crippen molar-refractivity contribution in [3.63, 3.8) is 0 Å². The van der Waals surface area contributed by atoms with Crippen molar-refractivity contribution in [3.8, 4) is 0 Å². The van der Waals surface area contributed by atoms with Crippen LogP contribution < -0.4 is 9.62 Å². The number of nitrogens with zero attached hydrogens (tertiary/aromatic N) is 2. The maximum atomic E-state index is 13.7. The van der Waals surface area contributed by atoms with Gasteiger partial charge in [0.2, 0.25) is 11.8 Å². The summed E-state index contributed by atoms with van der Waals surface area (Å²) in [5, 5.41) is 2.59. The van der Waals surface area contributed by atoms with E-state index < -0.39 is 34.3 Å². The van der Waals surface area contributed by atoms with Crippen molar-refractivity contribution in [1.82, 2.24) is 10.2 Å². The van der Waals surface area contributed by atoms with E-state index >= 15 is 0 Å². The summed E-state index contributed by atoms with van der Waals surface area (Å²) in [7, 11) is -2.68. The van der Waals surface area contributed by atoms with Gasteiger partial charge in [0, 0.05) is 13.6 Å². The van der Waals surface area contributed by atoms with Gasteiger partial charge in [-0.1, -0.05) is 55.0 Å². The summed E-state index contributed by atoms with van der Waals surface area (Å²) in [5.41, 5.74) is 1.99. The van der Waals surface area contributed by atoms with Crippen LogP contribution in [0.4, 0.5) is 10.1 Å². The monoisotopic (exact) mass is 511 g/mol. The van der Waals surface area contributed by atoms with Crippen LogP contribution in [0.15, 0.2) is 83.8 Å². The number of hydrogen-bond acceptors (Lipinski definition) is 4. The Labute approximate surface area is 211 Å². The molecule has 190 valence electrons. The van der Waals surface area contributed by atoms with Crippen molar-refractivity contribution in [2.75, 3.05) is 17.9 Å². The molecule has 0 spiro atoms. The average Bonchev–Trinajstić information content (AvgIpc) is 2.89. The molecule has 7 nitrogen and oxygen atoms in total. The Bertz CT molecular complexity index is 1280. The van der Waals surface area contributed by atoms with Crippen molar-refractivity contribution in [3.05, 3.63) is 95.8 Å². The van der Waals surface area contributed by atoms with Gasteiger partial charge in [0.15, 0.2) is 0 Å². The molecule has 0 aliphatic rings. The molecule has 0 aromatic heterocycles. The van der Waals surface area contributed by atoms with Crippen LogP contribution in [0.3, 0.4) is 0 Å². The number of sulfonamides is 1. The lowest BCUT2D eigenvalue weighted by molar-refractivity contribution is -0.140. The van der Waals surface area contributed by atoms with Gasteiger partial charge in [0.05, 0.1) is 10.6 Å². The van der Waals surface area contributed by atoms with E-state index in [2.05, 4.69) is 5.32 Å². The lowest BCUT2D eigenvalue weighted by Crippen LogP contribution is -2.51. The van der Waals surface area contributed by atoms with Crippen molar-refractivity contribution < 1.29 is 22.4 Å². The summed E-state index contributed by atoms with van der Waals surface area (Å²) >= 11 is 0. The van der Waals surface area contributed by atoms with E-state index in [1.165, 1.54) is 36.2 Å². The second kappa shape index (κ2) is 11.8. The highest BCUT2D eigenvalue weighted by atomic mass is 32.2. The maximum absolute atomic E-state index is 13.7. The molecule has 0 aliphatic heterocycles. The molecule has 3 aromatic rings. The third-order valence-electron chi connectivity index (χ3n) is 5.83. The molecule has 0 aliphatic carbocycles. The van der Waals surface area contributed by atoms with Crippen LogP contribution >= 0.6 is 0 Å². The zero-order valence-corrected chi connectivity index (χ0v) is 21.3. The van der Waals surface area contributed by atoms with Crippen molar-refractivity contribution in [2.24, 2.45) is 0 Å². The predicted octanol–water partition coefficient (Wildman–Crippen LogP) is 3.88. The Morgan fingerprint density at radius 1 is 0.944 bits per heavy atom. The molecule has 0 saturated heterocycles. The number of carbonyl (C=O) groups is 2. The van der Waals surface area contributed by atoms with Gasteiger partial charge in [0.1, 0.15) is 18.4 Å². The molecule has 3 aromatic carbocycles. The van der Waals surface area contributed by atoms with Crippen LogP contribution in [0.5, 0.6) is 0 Å². The minimum Gasteiger partial charge on any atom is -0.357 e. The highest BCUT2D eigenvalue weighted by Crippen LogP contribution is 2.25. The molecule has 0 fully saturated rings. The first kappa shape index (κ1) is 26.9. The fraction of sp³-hybridized carbons (Fsp3) is 0.259. The number of carbonyl (C=O) groups excluding carboxylic acids is 2.